The molecule has 0 saturated carbocycles. The van der Waals surface area contributed by atoms with E-state index in [2.05, 4.69) is 5.32 Å². The number of aromatic carboxylic acids is 1. The molecule has 0 saturated heterocycles. The third-order valence-corrected chi connectivity index (χ3v) is 3.82. The SMILES string of the molecule is O=C(CSCc1ccc(C(=O)[O-])cc1)Nc1ccc(F)cc1. The van der Waals surface area contributed by atoms with Gasteiger partial charge in [0.2, 0.25) is 5.91 Å². The Kier molecular flexibility index (Phi) is 5.55. The molecule has 0 aliphatic heterocycles. The highest BCUT2D eigenvalue weighted by molar-refractivity contribution is 7.99. The lowest BCUT2D eigenvalue weighted by atomic mass is 10.1. The summed E-state index contributed by atoms with van der Waals surface area (Å²) in [5, 5.41) is 13.3. The van der Waals surface area contributed by atoms with Crippen LogP contribution in [-0.2, 0) is 10.5 Å². The van der Waals surface area contributed by atoms with E-state index in [1.54, 1.807) is 12.1 Å². The molecule has 0 bridgehead atoms. The minimum atomic E-state index is -1.21. The predicted molar refractivity (Wildman–Crippen MR) is 82.0 cm³/mol. The third-order valence-electron chi connectivity index (χ3n) is 2.82. The molecule has 0 atom stereocenters. The average Bonchev–Trinajstić information content (AvgIpc) is 2.50. The standard InChI is InChI=1S/C16H14FNO3S/c17-13-5-7-14(8-6-13)18-15(19)10-22-9-11-1-3-12(4-2-11)16(20)21/h1-8H,9-10H2,(H,18,19)(H,20,21)/p-1. The fourth-order valence-corrected chi connectivity index (χ4v) is 2.52. The molecule has 2 aromatic carbocycles. The van der Waals surface area contributed by atoms with Crippen molar-refractivity contribution in [1.82, 2.24) is 0 Å². The van der Waals surface area contributed by atoms with Gasteiger partial charge in [-0.1, -0.05) is 24.3 Å². The summed E-state index contributed by atoms with van der Waals surface area (Å²) < 4.78 is 12.7. The molecular formula is C16H13FNO3S-. The summed E-state index contributed by atoms with van der Waals surface area (Å²) in [7, 11) is 0. The first-order chi connectivity index (χ1) is 10.5. The maximum Gasteiger partial charge on any atom is 0.234 e. The quantitative estimate of drug-likeness (QED) is 0.885. The number of thioether (sulfide) groups is 1. The Morgan fingerprint density at radius 2 is 1.68 bits per heavy atom. The van der Waals surface area contributed by atoms with Gasteiger partial charge in [0.25, 0.3) is 0 Å². The number of hydrogen-bond donors (Lipinski definition) is 1. The molecule has 0 radical (unpaired) electrons. The highest BCUT2D eigenvalue weighted by Crippen LogP contribution is 2.14. The first-order valence-corrected chi connectivity index (χ1v) is 7.63. The highest BCUT2D eigenvalue weighted by Gasteiger charge is 2.03. The van der Waals surface area contributed by atoms with Crippen molar-refractivity contribution < 1.29 is 19.1 Å². The van der Waals surface area contributed by atoms with Gasteiger partial charge in [0.15, 0.2) is 0 Å². The first-order valence-electron chi connectivity index (χ1n) is 6.48. The second-order valence-electron chi connectivity index (χ2n) is 4.53. The Morgan fingerprint density at radius 1 is 1.05 bits per heavy atom. The number of carboxylic acid groups (broad SMARTS) is 1. The number of hydrogen-bond acceptors (Lipinski definition) is 4. The predicted octanol–water partition coefficient (Wildman–Crippen LogP) is 2.06. The monoisotopic (exact) mass is 318 g/mol. The zero-order valence-electron chi connectivity index (χ0n) is 11.5. The van der Waals surface area contributed by atoms with Crippen LogP contribution in [0, 0.1) is 5.82 Å². The maximum atomic E-state index is 12.7. The van der Waals surface area contributed by atoms with Crippen LogP contribution < -0.4 is 10.4 Å². The van der Waals surface area contributed by atoms with E-state index in [1.165, 1.54) is 48.2 Å². The summed E-state index contributed by atoms with van der Waals surface area (Å²) in [5.41, 5.74) is 1.60. The molecule has 2 aromatic rings. The number of carboxylic acids is 1. The van der Waals surface area contributed by atoms with Crippen LogP contribution in [0.15, 0.2) is 48.5 Å². The summed E-state index contributed by atoms with van der Waals surface area (Å²) in [5.74, 6) is -0.905. The molecule has 4 nitrogen and oxygen atoms in total. The molecule has 2 rings (SSSR count). The van der Waals surface area contributed by atoms with Crippen LogP contribution in [0.25, 0.3) is 0 Å². The van der Waals surface area contributed by atoms with Crippen LogP contribution in [0.1, 0.15) is 15.9 Å². The number of carbonyl (C=O) groups excluding carboxylic acids is 2. The molecule has 0 aliphatic carbocycles. The number of rotatable bonds is 6. The molecular weight excluding hydrogens is 305 g/mol. The highest BCUT2D eigenvalue weighted by atomic mass is 32.2. The van der Waals surface area contributed by atoms with E-state index in [4.69, 9.17) is 0 Å². The molecule has 6 heteroatoms. The van der Waals surface area contributed by atoms with Crippen molar-refractivity contribution in [3.63, 3.8) is 0 Å². The van der Waals surface area contributed by atoms with Crippen LogP contribution in [0.4, 0.5) is 10.1 Å². The van der Waals surface area contributed by atoms with Crippen molar-refractivity contribution in [2.24, 2.45) is 0 Å². The average molecular weight is 318 g/mol. The van der Waals surface area contributed by atoms with Crippen LogP contribution in [0.2, 0.25) is 0 Å². The number of amides is 1. The molecule has 1 amide bonds. The zero-order chi connectivity index (χ0) is 15.9. The Bertz CT molecular complexity index is 656. The van der Waals surface area contributed by atoms with E-state index in [9.17, 15) is 19.1 Å². The zero-order valence-corrected chi connectivity index (χ0v) is 12.4. The van der Waals surface area contributed by atoms with Crippen molar-refractivity contribution in [1.29, 1.82) is 0 Å². The number of carbonyl (C=O) groups is 2. The van der Waals surface area contributed by atoms with E-state index in [0.29, 0.717) is 11.4 Å². The number of halogens is 1. The third kappa shape index (κ3) is 4.89. The normalized spacial score (nSPS) is 10.2. The second-order valence-corrected chi connectivity index (χ2v) is 5.52. The molecule has 0 unspecified atom stereocenters. The van der Waals surface area contributed by atoms with Gasteiger partial charge in [-0.25, -0.2) is 4.39 Å². The van der Waals surface area contributed by atoms with Crippen LogP contribution >= 0.6 is 11.8 Å². The van der Waals surface area contributed by atoms with Gasteiger partial charge in [-0.15, -0.1) is 11.8 Å². The van der Waals surface area contributed by atoms with Gasteiger partial charge in [-0.2, -0.15) is 0 Å². The van der Waals surface area contributed by atoms with Gasteiger partial charge in [0.1, 0.15) is 5.82 Å². The van der Waals surface area contributed by atoms with E-state index >= 15 is 0 Å². The van der Waals surface area contributed by atoms with Crippen molar-refractivity contribution in [2.45, 2.75) is 5.75 Å². The van der Waals surface area contributed by atoms with E-state index < -0.39 is 5.97 Å². The lowest BCUT2D eigenvalue weighted by molar-refractivity contribution is -0.255. The first kappa shape index (κ1) is 16.0. The van der Waals surface area contributed by atoms with Crippen LogP contribution in [-0.4, -0.2) is 17.6 Å². The van der Waals surface area contributed by atoms with Gasteiger partial charge in [-0.3, -0.25) is 4.79 Å². The van der Waals surface area contributed by atoms with Gasteiger partial charge in [-0.05, 0) is 35.4 Å². The van der Waals surface area contributed by atoms with Crippen molar-refractivity contribution >= 4 is 29.3 Å². The Morgan fingerprint density at radius 3 is 2.27 bits per heavy atom. The summed E-state index contributed by atoms with van der Waals surface area (Å²) in [6.45, 7) is 0. The van der Waals surface area contributed by atoms with Gasteiger partial charge >= 0.3 is 0 Å². The largest absolute Gasteiger partial charge is 0.545 e. The number of benzene rings is 2. The van der Waals surface area contributed by atoms with Gasteiger partial charge in [0.05, 0.1) is 11.7 Å². The molecule has 0 spiro atoms. The molecule has 0 aliphatic rings. The van der Waals surface area contributed by atoms with E-state index in [1.807, 2.05) is 0 Å². The lowest BCUT2D eigenvalue weighted by Crippen LogP contribution is -2.21. The van der Waals surface area contributed by atoms with Gasteiger partial charge < -0.3 is 15.2 Å². The van der Waals surface area contributed by atoms with Crippen molar-refractivity contribution in [3.05, 3.63) is 65.5 Å². The van der Waals surface area contributed by atoms with Crippen LogP contribution in [0.5, 0.6) is 0 Å². The number of anilines is 1. The summed E-state index contributed by atoms with van der Waals surface area (Å²) in [6.07, 6.45) is 0. The number of nitrogens with one attached hydrogen (secondary N) is 1. The molecule has 0 heterocycles. The van der Waals surface area contributed by atoms with Gasteiger partial charge in [0, 0.05) is 11.4 Å². The summed E-state index contributed by atoms with van der Waals surface area (Å²) in [6, 6.07) is 11.9. The molecule has 0 aromatic heterocycles. The van der Waals surface area contributed by atoms with Crippen molar-refractivity contribution in [2.75, 3.05) is 11.1 Å². The maximum absolute atomic E-state index is 12.7. The minimum Gasteiger partial charge on any atom is -0.545 e. The Hall–Kier alpha value is -2.34. The van der Waals surface area contributed by atoms with E-state index in [0.717, 1.165) is 5.56 Å². The molecule has 0 fully saturated rings. The molecule has 22 heavy (non-hydrogen) atoms. The summed E-state index contributed by atoms with van der Waals surface area (Å²) >= 11 is 1.40. The molecule has 114 valence electrons. The fourth-order valence-electron chi connectivity index (χ4n) is 1.73. The Labute approximate surface area is 131 Å². The summed E-state index contributed by atoms with van der Waals surface area (Å²) in [4.78, 5) is 22.3. The molecule has 1 N–H and O–H groups in total. The van der Waals surface area contributed by atoms with Crippen molar-refractivity contribution in [3.8, 4) is 0 Å². The smallest absolute Gasteiger partial charge is 0.234 e. The van der Waals surface area contributed by atoms with E-state index in [-0.39, 0.29) is 23.0 Å². The topological polar surface area (TPSA) is 69.2 Å². The fraction of sp³-hybridized carbons (Fsp3) is 0.125. The lowest BCUT2D eigenvalue weighted by Gasteiger charge is -2.06. The Balaban J connectivity index is 1.77. The van der Waals surface area contributed by atoms with Crippen LogP contribution in [0.3, 0.4) is 0 Å². The second kappa shape index (κ2) is 7.61. The minimum absolute atomic E-state index is 0.128.